The second kappa shape index (κ2) is 12.6. The molecule has 1 unspecified atom stereocenters. The van der Waals surface area contributed by atoms with Gasteiger partial charge in [0.1, 0.15) is 18.0 Å². The number of methoxy groups -OCH3 is 1. The van der Waals surface area contributed by atoms with Crippen molar-refractivity contribution in [1.82, 2.24) is 5.32 Å². The Bertz CT molecular complexity index is 1260. The zero-order valence-corrected chi connectivity index (χ0v) is 22.9. The number of amides is 1. The lowest BCUT2D eigenvalue weighted by Crippen LogP contribution is -2.34. The maximum absolute atomic E-state index is 12.3. The number of carboxylic acid groups (broad SMARTS) is 1. The van der Waals surface area contributed by atoms with E-state index >= 15 is 0 Å². The quantitative estimate of drug-likeness (QED) is 0.304. The minimum atomic E-state index is -0.908. The molecular weight excluding hydrogens is 482 g/mol. The minimum Gasteiger partial charge on any atom is -0.489 e. The van der Waals surface area contributed by atoms with Crippen molar-refractivity contribution in [3.05, 3.63) is 89.0 Å². The molecule has 3 rings (SSSR count). The number of hydrogen-bond acceptors (Lipinski definition) is 5. The average Bonchev–Trinajstić information content (AvgIpc) is 2.86. The van der Waals surface area contributed by atoms with Crippen molar-refractivity contribution in [1.29, 1.82) is 0 Å². The lowest BCUT2D eigenvalue weighted by molar-refractivity contribution is -0.136. The van der Waals surface area contributed by atoms with Crippen molar-refractivity contribution in [3.63, 3.8) is 0 Å². The van der Waals surface area contributed by atoms with E-state index in [-0.39, 0.29) is 25.2 Å². The zero-order valence-electron chi connectivity index (χ0n) is 22.9. The summed E-state index contributed by atoms with van der Waals surface area (Å²) in [5.74, 6) is -0.361. The first-order valence-corrected chi connectivity index (χ1v) is 12.6. The molecule has 2 atom stereocenters. The van der Waals surface area contributed by atoms with E-state index in [1.807, 2.05) is 71.0 Å². The molecule has 0 fully saturated rings. The van der Waals surface area contributed by atoms with Gasteiger partial charge in [0.2, 0.25) is 0 Å². The van der Waals surface area contributed by atoms with Gasteiger partial charge >= 0.3 is 12.1 Å². The summed E-state index contributed by atoms with van der Waals surface area (Å²) in [5.41, 5.74) is 4.88. The molecule has 0 aliphatic rings. The van der Waals surface area contributed by atoms with Crippen LogP contribution < -0.4 is 10.1 Å². The van der Waals surface area contributed by atoms with Gasteiger partial charge in [0.25, 0.3) is 0 Å². The van der Waals surface area contributed by atoms with Crippen LogP contribution in [0.5, 0.6) is 5.75 Å². The number of aliphatic carboxylic acids is 1. The highest BCUT2D eigenvalue weighted by Crippen LogP contribution is 2.30. The Morgan fingerprint density at radius 1 is 0.921 bits per heavy atom. The van der Waals surface area contributed by atoms with Crippen LogP contribution in [0, 0.1) is 0 Å². The molecule has 3 aromatic rings. The molecule has 0 aliphatic carbocycles. The molecule has 7 heteroatoms. The fraction of sp³-hybridized carbons (Fsp3) is 0.355. The van der Waals surface area contributed by atoms with Gasteiger partial charge in [-0.3, -0.25) is 4.79 Å². The molecule has 0 saturated heterocycles. The molecular formula is C31H37NO6. The number of carbonyl (C=O) groups excluding carboxylic acids is 1. The fourth-order valence-electron chi connectivity index (χ4n) is 4.01. The van der Waals surface area contributed by atoms with Crippen LogP contribution in [0.3, 0.4) is 0 Å². The Kier molecular flexibility index (Phi) is 9.53. The van der Waals surface area contributed by atoms with Crippen molar-refractivity contribution in [3.8, 4) is 16.9 Å². The van der Waals surface area contributed by atoms with Crippen molar-refractivity contribution in [2.45, 2.75) is 65.4 Å². The summed E-state index contributed by atoms with van der Waals surface area (Å²) in [7, 11) is 1.67. The van der Waals surface area contributed by atoms with Crippen molar-refractivity contribution < 1.29 is 28.9 Å². The van der Waals surface area contributed by atoms with Crippen molar-refractivity contribution >= 4 is 12.1 Å². The number of nitrogens with one attached hydrogen (secondary N) is 1. The molecule has 202 valence electrons. The Balaban J connectivity index is 1.87. The Morgan fingerprint density at radius 2 is 1.63 bits per heavy atom. The monoisotopic (exact) mass is 519 g/mol. The second-order valence-electron chi connectivity index (χ2n) is 10.3. The second-order valence-corrected chi connectivity index (χ2v) is 10.3. The highest BCUT2D eigenvalue weighted by Gasteiger charge is 2.19. The zero-order chi connectivity index (χ0) is 27.9. The van der Waals surface area contributed by atoms with Gasteiger partial charge in [0, 0.05) is 12.7 Å². The molecule has 38 heavy (non-hydrogen) atoms. The Hall–Kier alpha value is -3.84. The number of alkyl carbamates (subject to hydrolysis) is 1. The van der Waals surface area contributed by atoms with E-state index in [0.717, 1.165) is 27.8 Å². The number of benzene rings is 3. The topological polar surface area (TPSA) is 94.1 Å². The Morgan fingerprint density at radius 3 is 2.32 bits per heavy atom. The highest BCUT2D eigenvalue weighted by atomic mass is 16.6. The van der Waals surface area contributed by atoms with Crippen LogP contribution in [0.4, 0.5) is 4.79 Å². The summed E-state index contributed by atoms with van der Waals surface area (Å²) in [4.78, 5) is 23.5. The predicted octanol–water partition coefficient (Wildman–Crippen LogP) is 6.85. The van der Waals surface area contributed by atoms with Gasteiger partial charge in [-0.15, -0.1) is 0 Å². The summed E-state index contributed by atoms with van der Waals surface area (Å²) in [6.45, 7) is 9.66. The van der Waals surface area contributed by atoms with Crippen molar-refractivity contribution in [2.24, 2.45) is 0 Å². The van der Waals surface area contributed by atoms with Gasteiger partial charge in [0.05, 0.1) is 18.6 Å². The van der Waals surface area contributed by atoms with Crippen molar-refractivity contribution in [2.75, 3.05) is 7.11 Å². The largest absolute Gasteiger partial charge is 0.489 e. The van der Waals surface area contributed by atoms with Crippen LogP contribution in [0.2, 0.25) is 0 Å². The standard InChI is InChI=1S/C31H37NO6/c1-20(32-30(35)38-31(3,4)5)23-11-9-12-24(16-23)27-15-22(14-26(17-27)21(2)36-6)19-37-28-13-8-7-10-25(28)18-29(33)34/h7-17,20-21H,18-19H2,1-6H3,(H,32,35)(H,33,34)/t20-,21?/m1/s1. The molecule has 0 saturated carbocycles. The molecule has 0 bridgehead atoms. The molecule has 0 heterocycles. The molecule has 0 spiro atoms. The van der Waals surface area contributed by atoms with Gasteiger partial charge in [-0.1, -0.05) is 36.4 Å². The maximum Gasteiger partial charge on any atom is 0.408 e. The molecule has 0 radical (unpaired) electrons. The smallest absolute Gasteiger partial charge is 0.408 e. The fourth-order valence-corrected chi connectivity index (χ4v) is 4.01. The highest BCUT2D eigenvalue weighted by molar-refractivity contribution is 5.71. The lowest BCUT2D eigenvalue weighted by atomic mass is 9.95. The number of hydrogen-bond donors (Lipinski definition) is 2. The minimum absolute atomic E-state index is 0.107. The number of ether oxygens (including phenoxy) is 3. The third-order valence-electron chi connectivity index (χ3n) is 6.00. The van der Waals surface area contributed by atoms with E-state index in [4.69, 9.17) is 14.2 Å². The number of rotatable bonds is 10. The van der Waals surface area contributed by atoms with Crippen LogP contribution in [-0.2, 0) is 27.3 Å². The van der Waals surface area contributed by atoms with Crippen LogP contribution in [0.1, 0.15) is 69.0 Å². The summed E-state index contributed by atoms with van der Waals surface area (Å²) in [5, 5.41) is 12.1. The summed E-state index contributed by atoms with van der Waals surface area (Å²) < 4.78 is 17.0. The number of para-hydroxylation sites is 1. The van der Waals surface area contributed by atoms with E-state index in [1.165, 1.54) is 0 Å². The summed E-state index contributed by atoms with van der Waals surface area (Å²) in [6, 6.07) is 21.1. The van der Waals surface area contributed by atoms with Crippen LogP contribution in [0.25, 0.3) is 11.1 Å². The first kappa shape index (κ1) is 28.7. The van der Waals surface area contributed by atoms with Crippen LogP contribution >= 0.6 is 0 Å². The van der Waals surface area contributed by atoms with Gasteiger partial charge in [-0.2, -0.15) is 0 Å². The SMILES string of the molecule is COC(C)c1cc(COc2ccccc2CC(=O)O)cc(-c2cccc([C@@H](C)NC(=O)OC(C)(C)C)c2)c1. The third-order valence-corrected chi connectivity index (χ3v) is 6.00. The van der Waals surface area contributed by atoms with Gasteiger partial charge in [0.15, 0.2) is 0 Å². The van der Waals surface area contributed by atoms with E-state index in [1.54, 1.807) is 25.3 Å². The first-order valence-electron chi connectivity index (χ1n) is 12.6. The van der Waals surface area contributed by atoms with Crippen LogP contribution in [-0.4, -0.2) is 29.9 Å². The summed E-state index contributed by atoms with van der Waals surface area (Å²) in [6.07, 6.45) is -0.706. The van der Waals surface area contributed by atoms with Gasteiger partial charge in [-0.25, -0.2) is 4.79 Å². The molecule has 7 nitrogen and oxygen atoms in total. The van der Waals surface area contributed by atoms with Gasteiger partial charge < -0.3 is 24.6 Å². The van der Waals surface area contributed by atoms with Gasteiger partial charge in [-0.05, 0) is 92.8 Å². The number of carboxylic acids is 1. The Labute approximate surface area is 224 Å². The molecule has 2 N–H and O–H groups in total. The average molecular weight is 520 g/mol. The third kappa shape index (κ3) is 8.35. The first-order chi connectivity index (χ1) is 17.9. The lowest BCUT2D eigenvalue weighted by Gasteiger charge is -2.22. The number of carbonyl (C=O) groups is 2. The summed E-state index contributed by atoms with van der Waals surface area (Å²) >= 11 is 0. The maximum atomic E-state index is 12.3. The van der Waals surface area contributed by atoms with E-state index < -0.39 is 17.7 Å². The normalized spacial score (nSPS) is 12.9. The van der Waals surface area contributed by atoms with Crippen LogP contribution in [0.15, 0.2) is 66.7 Å². The molecule has 3 aromatic carbocycles. The van der Waals surface area contributed by atoms with E-state index in [2.05, 4.69) is 17.4 Å². The predicted molar refractivity (Wildman–Crippen MR) is 147 cm³/mol. The van der Waals surface area contributed by atoms with E-state index in [0.29, 0.717) is 11.3 Å². The molecule has 1 amide bonds. The van der Waals surface area contributed by atoms with E-state index in [9.17, 15) is 14.7 Å². The molecule has 0 aromatic heterocycles. The molecule has 0 aliphatic heterocycles.